The maximum absolute atomic E-state index is 12.9. The van der Waals surface area contributed by atoms with Gasteiger partial charge in [0.25, 0.3) is 5.91 Å². The van der Waals surface area contributed by atoms with E-state index in [0.29, 0.717) is 17.0 Å². The molecule has 0 aliphatic carbocycles. The molecule has 3 N–H and O–H groups in total. The van der Waals surface area contributed by atoms with Gasteiger partial charge in [-0.05, 0) is 36.4 Å². The molecule has 0 saturated heterocycles. The zero-order valence-electron chi connectivity index (χ0n) is 13.0. The number of nitrogens with zero attached hydrogens (tertiary/aromatic N) is 2. The van der Waals surface area contributed by atoms with Gasteiger partial charge in [-0.1, -0.05) is 18.2 Å². The first-order valence-corrected chi connectivity index (χ1v) is 7.43. The number of aromatic nitrogens is 3. The van der Waals surface area contributed by atoms with E-state index in [1.165, 1.54) is 12.1 Å². The summed E-state index contributed by atoms with van der Waals surface area (Å²) < 4.78 is 12.9. The predicted octanol–water partition coefficient (Wildman–Crippen LogP) is 1.98. The molecular formula is C17H14FN5O2. The van der Waals surface area contributed by atoms with E-state index < -0.39 is 5.91 Å². The van der Waals surface area contributed by atoms with Crippen molar-refractivity contribution >= 4 is 17.8 Å². The fraction of sp³-hybridized carbons (Fsp3) is 0.0588. The minimum absolute atomic E-state index is 0.0679. The lowest BCUT2D eigenvalue weighted by molar-refractivity contribution is -0.115. The first-order chi connectivity index (χ1) is 12.1. The Morgan fingerprint density at radius 1 is 1.04 bits per heavy atom. The SMILES string of the molecule is O=C(CNC(=O)c1ccccc1)Nc1n[nH]c(-c2ccc(F)cc2)n1. The maximum Gasteiger partial charge on any atom is 0.251 e. The summed E-state index contributed by atoms with van der Waals surface area (Å²) in [5, 5.41) is 11.5. The number of halogens is 1. The van der Waals surface area contributed by atoms with Gasteiger partial charge in [0, 0.05) is 11.1 Å². The standard InChI is InChI=1S/C17H14FN5O2/c18-13-8-6-11(7-9-13)15-21-17(23-22-15)20-14(24)10-19-16(25)12-4-2-1-3-5-12/h1-9H,10H2,(H,19,25)(H2,20,21,22,23,24). The third-order valence-corrected chi connectivity index (χ3v) is 3.30. The Morgan fingerprint density at radius 3 is 2.48 bits per heavy atom. The van der Waals surface area contributed by atoms with E-state index >= 15 is 0 Å². The molecule has 0 aliphatic rings. The summed E-state index contributed by atoms with van der Waals surface area (Å²) in [6.45, 7) is -0.214. The minimum Gasteiger partial charge on any atom is -0.343 e. The first-order valence-electron chi connectivity index (χ1n) is 7.43. The van der Waals surface area contributed by atoms with Crippen molar-refractivity contribution in [1.82, 2.24) is 20.5 Å². The number of anilines is 1. The highest BCUT2D eigenvalue weighted by Crippen LogP contribution is 2.16. The zero-order valence-corrected chi connectivity index (χ0v) is 13.0. The molecule has 0 aliphatic heterocycles. The topological polar surface area (TPSA) is 99.8 Å². The molecule has 0 fully saturated rings. The Hall–Kier alpha value is -3.55. The molecule has 1 aromatic heterocycles. The number of H-pyrrole nitrogens is 1. The van der Waals surface area contributed by atoms with Gasteiger partial charge in [-0.15, -0.1) is 5.10 Å². The molecule has 7 nitrogen and oxygen atoms in total. The van der Waals surface area contributed by atoms with Gasteiger partial charge in [0.2, 0.25) is 11.9 Å². The van der Waals surface area contributed by atoms with Crippen LogP contribution in [0.5, 0.6) is 0 Å². The van der Waals surface area contributed by atoms with Gasteiger partial charge in [-0.3, -0.25) is 20.0 Å². The Morgan fingerprint density at radius 2 is 1.76 bits per heavy atom. The average Bonchev–Trinajstić information content (AvgIpc) is 3.09. The number of rotatable bonds is 5. The van der Waals surface area contributed by atoms with Crippen LogP contribution in [0, 0.1) is 5.82 Å². The van der Waals surface area contributed by atoms with Crippen LogP contribution < -0.4 is 10.6 Å². The summed E-state index contributed by atoms with van der Waals surface area (Å²) in [5.74, 6) is -0.709. The predicted molar refractivity (Wildman–Crippen MR) is 89.2 cm³/mol. The molecule has 0 atom stereocenters. The molecule has 0 spiro atoms. The maximum atomic E-state index is 12.9. The summed E-state index contributed by atoms with van der Waals surface area (Å²) in [7, 11) is 0. The number of nitrogens with one attached hydrogen (secondary N) is 3. The molecule has 0 unspecified atom stereocenters. The highest BCUT2D eigenvalue weighted by atomic mass is 19.1. The van der Waals surface area contributed by atoms with Gasteiger partial charge in [-0.25, -0.2) is 4.39 Å². The van der Waals surface area contributed by atoms with Crippen LogP contribution in [0.2, 0.25) is 0 Å². The van der Waals surface area contributed by atoms with E-state index in [4.69, 9.17) is 0 Å². The third kappa shape index (κ3) is 4.25. The van der Waals surface area contributed by atoms with Gasteiger partial charge in [-0.2, -0.15) is 4.98 Å². The molecule has 0 bridgehead atoms. The van der Waals surface area contributed by atoms with Gasteiger partial charge in [0.15, 0.2) is 5.82 Å². The van der Waals surface area contributed by atoms with E-state index in [1.54, 1.807) is 42.5 Å². The van der Waals surface area contributed by atoms with Crippen LogP contribution in [-0.2, 0) is 4.79 Å². The van der Waals surface area contributed by atoms with Crippen LogP contribution >= 0.6 is 0 Å². The Kier molecular flexibility index (Phi) is 4.79. The van der Waals surface area contributed by atoms with Crippen LogP contribution in [0.1, 0.15) is 10.4 Å². The molecule has 8 heteroatoms. The van der Waals surface area contributed by atoms with Crippen molar-refractivity contribution < 1.29 is 14.0 Å². The van der Waals surface area contributed by atoms with Gasteiger partial charge in [0.1, 0.15) is 5.82 Å². The quantitative estimate of drug-likeness (QED) is 0.662. The fourth-order valence-corrected chi connectivity index (χ4v) is 2.08. The summed E-state index contributed by atoms with van der Waals surface area (Å²) in [6, 6.07) is 14.3. The van der Waals surface area contributed by atoms with Crippen LogP contribution in [0.25, 0.3) is 11.4 Å². The van der Waals surface area contributed by atoms with E-state index in [2.05, 4.69) is 25.8 Å². The lowest BCUT2D eigenvalue weighted by Gasteiger charge is -2.04. The van der Waals surface area contributed by atoms with Gasteiger partial charge >= 0.3 is 0 Å². The molecule has 3 aromatic rings. The lowest BCUT2D eigenvalue weighted by atomic mass is 10.2. The molecule has 25 heavy (non-hydrogen) atoms. The molecule has 2 amide bonds. The number of benzene rings is 2. The van der Waals surface area contributed by atoms with Crippen molar-refractivity contribution in [3.8, 4) is 11.4 Å². The van der Waals surface area contributed by atoms with E-state index in [9.17, 15) is 14.0 Å². The van der Waals surface area contributed by atoms with Crippen molar-refractivity contribution in [2.24, 2.45) is 0 Å². The second kappa shape index (κ2) is 7.35. The van der Waals surface area contributed by atoms with Crippen molar-refractivity contribution in [2.45, 2.75) is 0 Å². The number of carbonyl (C=O) groups excluding carboxylic acids is 2. The Balaban J connectivity index is 1.55. The normalized spacial score (nSPS) is 10.3. The second-order valence-electron chi connectivity index (χ2n) is 5.11. The minimum atomic E-state index is -0.464. The van der Waals surface area contributed by atoms with Crippen molar-refractivity contribution in [3.63, 3.8) is 0 Å². The van der Waals surface area contributed by atoms with Gasteiger partial charge < -0.3 is 5.32 Å². The summed E-state index contributed by atoms with van der Waals surface area (Å²) >= 11 is 0. The second-order valence-corrected chi connectivity index (χ2v) is 5.11. The lowest BCUT2D eigenvalue weighted by Crippen LogP contribution is -2.33. The largest absolute Gasteiger partial charge is 0.343 e. The molecule has 2 aromatic carbocycles. The van der Waals surface area contributed by atoms with Crippen LogP contribution in [-0.4, -0.2) is 33.5 Å². The highest BCUT2D eigenvalue weighted by Gasteiger charge is 2.11. The monoisotopic (exact) mass is 339 g/mol. The number of hydrogen-bond donors (Lipinski definition) is 3. The zero-order chi connectivity index (χ0) is 17.6. The Labute approximate surface area is 142 Å². The fourth-order valence-electron chi connectivity index (χ4n) is 2.08. The molecule has 1 heterocycles. The first kappa shape index (κ1) is 16.3. The average molecular weight is 339 g/mol. The van der Waals surface area contributed by atoms with Crippen molar-refractivity contribution in [1.29, 1.82) is 0 Å². The van der Waals surface area contributed by atoms with E-state index in [0.717, 1.165) is 0 Å². The molecule has 3 rings (SSSR count). The van der Waals surface area contributed by atoms with Crippen molar-refractivity contribution in [2.75, 3.05) is 11.9 Å². The van der Waals surface area contributed by atoms with Crippen molar-refractivity contribution in [3.05, 3.63) is 66.0 Å². The number of amides is 2. The molecule has 126 valence electrons. The molecule has 0 radical (unpaired) electrons. The highest BCUT2D eigenvalue weighted by molar-refractivity contribution is 5.98. The van der Waals surface area contributed by atoms with Crippen LogP contribution in [0.3, 0.4) is 0 Å². The Bertz CT molecular complexity index is 878. The van der Waals surface area contributed by atoms with E-state index in [1.807, 2.05) is 0 Å². The smallest absolute Gasteiger partial charge is 0.251 e. The summed E-state index contributed by atoms with van der Waals surface area (Å²) in [4.78, 5) is 27.8. The number of aromatic amines is 1. The molecule has 0 saturated carbocycles. The summed E-state index contributed by atoms with van der Waals surface area (Å²) in [5.41, 5.74) is 1.10. The molecular weight excluding hydrogens is 325 g/mol. The van der Waals surface area contributed by atoms with E-state index in [-0.39, 0.29) is 24.2 Å². The van der Waals surface area contributed by atoms with Gasteiger partial charge in [0.05, 0.1) is 6.54 Å². The number of hydrogen-bond acceptors (Lipinski definition) is 4. The third-order valence-electron chi connectivity index (χ3n) is 3.30. The van der Waals surface area contributed by atoms with Crippen LogP contribution in [0.4, 0.5) is 10.3 Å². The number of carbonyl (C=O) groups is 2. The van der Waals surface area contributed by atoms with Crippen LogP contribution in [0.15, 0.2) is 54.6 Å². The summed E-state index contributed by atoms with van der Waals surface area (Å²) in [6.07, 6.45) is 0.